The van der Waals surface area contributed by atoms with Crippen molar-refractivity contribution < 1.29 is 23.1 Å². The SMILES string of the molecule is O=C([O-])CCC(=O)N=C1S[C@@H]2CS(=O)(=O)C[C@H]2N1c1ccccc1. The molecule has 2 aliphatic rings. The zero-order valence-corrected chi connectivity index (χ0v) is 14.3. The fourth-order valence-corrected chi connectivity index (χ4v) is 6.76. The number of carbonyl (C=O) groups is 2. The largest absolute Gasteiger partial charge is 0.550 e. The maximum Gasteiger partial charge on any atom is 0.248 e. The fourth-order valence-electron chi connectivity index (χ4n) is 2.83. The summed E-state index contributed by atoms with van der Waals surface area (Å²) < 4.78 is 23.8. The third-order valence-corrected chi connectivity index (χ3v) is 7.07. The van der Waals surface area contributed by atoms with Crippen molar-refractivity contribution in [3.63, 3.8) is 0 Å². The molecule has 0 N–H and O–H groups in total. The van der Waals surface area contributed by atoms with E-state index in [9.17, 15) is 23.1 Å². The molecule has 0 aliphatic carbocycles. The molecule has 0 spiro atoms. The molecule has 0 aromatic heterocycles. The molecule has 2 atom stereocenters. The highest BCUT2D eigenvalue weighted by Crippen LogP contribution is 2.40. The van der Waals surface area contributed by atoms with Crippen LogP contribution in [0.1, 0.15) is 12.8 Å². The van der Waals surface area contributed by atoms with Gasteiger partial charge in [0.25, 0.3) is 0 Å². The monoisotopic (exact) mass is 367 g/mol. The van der Waals surface area contributed by atoms with Gasteiger partial charge in [-0.15, -0.1) is 0 Å². The number of aliphatic imine (C=N–C) groups is 1. The molecule has 0 saturated carbocycles. The molecule has 9 heteroatoms. The number of para-hydroxylation sites is 1. The Bertz CT molecular complexity index is 791. The summed E-state index contributed by atoms with van der Waals surface area (Å²) in [6.45, 7) is 0. The van der Waals surface area contributed by atoms with Crippen molar-refractivity contribution in [1.29, 1.82) is 0 Å². The van der Waals surface area contributed by atoms with Gasteiger partial charge in [0.2, 0.25) is 5.91 Å². The Morgan fingerprint density at radius 3 is 2.58 bits per heavy atom. The molecule has 128 valence electrons. The number of sulfone groups is 1. The third kappa shape index (κ3) is 3.62. The quantitative estimate of drug-likeness (QED) is 0.726. The minimum Gasteiger partial charge on any atom is -0.550 e. The molecule has 0 radical (unpaired) electrons. The summed E-state index contributed by atoms with van der Waals surface area (Å²) in [7, 11) is -3.11. The van der Waals surface area contributed by atoms with Crippen LogP contribution in [0, 0.1) is 0 Å². The summed E-state index contributed by atoms with van der Waals surface area (Å²) in [4.78, 5) is 28.1. The van der Waals surface area contributed by atoms with Gasteiger partial charge in [-0.2, -0.15) is 4.99 Å². The summed E-state index contributed by atoms with van der Waals surface area (Å²) in [6, 6.07) is 8.88. The van der Waals surface area contributed by atoms with Gasteiger partial charge in [0, 0.05) is 23.3 Å². The lowest BCUT2D eigenvalue weighted by atomic mass is 10.2. The van der Waals surface area contributed by atoms with E-state index in [1.54, 1.807) is 4.90 Å². The predicted octanol–water partition coefficient (Wildman–Crippen LogP) is -0.182. The first-order valence-electron chi connectivity index (χ1n) is 7.38. The van der Waals surface area contributed by atoms with Crippen molar-refractivity contribution in [2.24, 2.45) is 4.99 Å². The van der Waals surface area contributed by atoms with E-state index in [0.717, 1.165) is 5.69 Å². The smallest absolute Gasteiger partial charge is 0.248 e. The second-order valence-electron chi connectivity index (χ2n) is 5.67. The van der Waals surface area contributed by atoms with E-state index in [2.05, 4.69) is 4.99 Å². The molecular weight excluding hydrogens is 352 g/mol. The topological polar surface area (TPSA) is 107 Å². The van der Waals surface area contributed by atoms with Crippen LogP contribution in [0.15, 0.2) is 35.3 Å². The second-order valence-corrected chi connectivity index (χ2v) is 9.03. The number of fused-ring (bicyclic) bond motifs is 1. The number of amides is 1. The number of carboxylic acids is 1. The van der Waals surface area contributed by atoms with Gasteiger partial charge < -0.3 is 14.8 Å². The van der Waals surface area contributed by atoms with E-state index in [0.29, 0.717) is 5.17 Å². The summed E-state index contributed by atoms with van der Waals surface area (Å²) >= 11 is 1.26. The molecule has 24 heavy (non-hydrogen) atoms. The molecule has 2 saturated heterocycles. The maximum absolute atomic E-state index is 11.9. The number of carbonyl (C=O) groups excluding carboxylic acids is 2. The molecule has 3 rings (SSSR count). The summed E-state index contributed by atoms with van der Waals surface area (Å²) in [6.07, 6.45) is -0.616. The number of anilines is 1. The highest BCUT2D eigenvalue weighted by molar-refractivity contribution is 8.16. The van der Waals surface area contributed by atoms with Gasteiger partial charge in [-0.3, -0.25) is 4.79 Å². The van der Waals surface area contributed by atoms with E-state index in [1.807, 2.05) is 30.3 Å². The minimum absolute atomic E-state index is 0.0197. The Hall–Kier alpha value is -1.87. The van der Waals surface area contributed by atoms with Crippen LogP contribution in [0.5, 0.6) is 0 Å². The van der Waals surface area contributed by atoms with Gasteiger partial charge in [0.05, 0.1) is 17.5 Å². The van der Waals surface area contributed by atoms with Gasteiger partial charge >= 0.3 is 0 Å². The van der Waals surface area contributed by atoms with E-state index in [-0.39, 0.29) is 35.6 Å². The first-order valence-corrected chi connectivity index (χ1v) is 10.1. The molecule has 1 amide bonds. The molecule has 0 unspecified atom stereocenters. The Labute approximate surface area is 143 Å². The summed E-state index contributed by atoms with van der Waals surface area (Å²) in [5, 5.41) is 10.7. The van der Waals surface area contributed by atoms with Crippen LogP contribution in [0.25, 0.3) is 0 Å². The third-order valence-electron chi connectivity index (χ3n) is 3.86. The van der Waals surface area contributed by atoms with Gasteiger partial charge in [-0.05, 0) is 18.6 Å². The van der Waals surface area contributed by atoms with Crippen LogP contribution in [0.3, 0.4) is 0 Å². The van der Waals surface area contributed by atoms with Crippen LogP contribution >= 0.6 is 11.8 Å². The number of thioether (sulfide) groups is 1. The van der Waals surface area contributed by atoms with Crippen molar-refractivity contribution >= 4 is 44.3 Å². The van der Waals surface area contributed by atoms with Gasteiger partial charge in [0.15, 0.2) is 15.0 Å². The summed E-state index contributed by atoms with van der Waals surface area (Å²) in [5.74, 6) is -1.78. The lowest BCUT2D eigenvalue weighted by Gasteiger charge is -2.24. The van der Waals surface area contributed by atoms with Crippen molar-refractivity contribution in [1.82, 2.24) is 0 Å². The average molecular weight is 367 g/mol. The van der Waals surface area contributed by atoms with Crippen molar-refractivity contribution in [3.8, 4) is 0 Å². The minimum atomic E-state index is -3.11. The average Bonchev–Trinajstić information content (AvgIpc) is 2.97. The first kappa shape index (κ1) is 17.0. The van der Waals surface area contributed by atoms with Crippen LogP contribution in [0.2, 0.25) is 0 Å². The van der Waals surface area contributed by atoms with Gasteiger partial charge in [0.1, 0.15) is 0 Å². The molecule has 7 nitrogen and oxygen atoms in total. The van der Waals surface area contributed by atoms with Crippen LogP contribution in [-0.4, -0.2) is 48.3 Å². The number of benzene rings is 1. The normalized spacial score (nSPS) is 26.5. The highest BCUT2D eigenvalue weighted by Gasteiger charge is 2.49. The standard InChI is InChI=1S/C15H16N2O5S2/c18-13(6-7-14(19)20)16-15-17(10-4-2-1-3-5-10)11-8-24(21,22)9-12(11)23-15/h1-5,11-12H,6-9H2,(H,19,20)/p-1/t11-,12-/m1/s1. The van der Waals surface area contributed by atoms with Crippen molar-refractivity contribution in [2.75, 3.05) is 16.4 Å². The van der Waals surface area contributed by atoms with E-state index >= 15 is 0 Å². The lowest BCUT2D eigenvalue weighted by Crippen LogP contribution is -2.37. The summed E-state index contributed by atoms with van der Waals surface area (Å²) in [5.41, 5.74) is 0.765. The Morgan fingerprint density at radius 1 is 1.21 bits per heavy atom. The Kier molecular flexibility index (Phi) is 4.64. The van der Waals surface area contributed by atoms with E-state index < -0.39 is 21.7 Å². The number of carboxylic acid groups (broad SMARTS) is 1. The van der Waals surface area contributed by atoms with Gasteiger partial charge in [-0.25, -0.2) is 8.42 Å². The van der Waals surface area contributed by atoms with Gasteiger partial charge in [-0.1, -0.05) is 30.0 Å². The molecule has 1 aromatic carbocycles. The molecular formula is C15H15N2O5S2-. The number of rotatable bonds is 4. The zero-order valence-electron chi connectivity index (χ0n) is 12.6. The second kappa shape index (κ2) is 6.56. The number of hydrogen-bond donors (Lipinski definition) is 0. The molecule has 1 aromatic rings. The maximum atomic E-state index is 11.9. The Balaban J connectivity index is 1.89. The predicted molar refractivity (Wildman–Crippen MR) is 89.4 cm³/mol. The molecule has 0 bridgehead atoms. The van der Waals surface area contributed by atoms with E-state index in [4.69, 9.17) is 0 Å². The lowest BCUT2D eigenvalue weighted by molar-refractivity contribution is -0.305. The Morgan fingerprint density at radius 2 is 1.92 bits per heavy atom. The van der Waals surface area contributed by atoms with Crippen LogP contribution < -0.4 is 10.0 Å². The number of amidine groups is 1. The van der Waals surface area contributed by atoms with E-state index in [1.165, 1.54) is 11.8 Å². The van der Waals surface area contributed by atoms with Crippen LogP contribution in [-0.2, 0) is 19.4 Å². The molecule has 2 fully saturated rings. The number of hydrogen-bond acceptors (Lipinski definition) is 6. The first-order chi connectivity index (χ1) is 11.4. The number of aliphatic carboxylic acids is 1. The fraction of sp³-hybridized carbons (Fsp3) is 0.400. The van der Waals surface area contributed by atoms with Crippen molar-refractivity contribution in [3.05, 3.63) is 30.3 Å². The molecule has 2 heterocycles. The van der Waals surface area contributed by atoms with Crippen LogP contribution in [0.4, 0.5) is 5.69 Å². The van der Waals surface area contributed by atoms with Crippen molar-refractivity contribution in [2.45, 2.75) is 24.1 Å². The number of nitrogens with zero attached hydrogens (tertiary/aromatic N) is 2. The molecule has 2 aliphatic heterocycles. The zero-order chi connectivity index (χ0) is 17.3. The highest BCUT2D eigenvalue weighted by atomic mass is 32.2.